The number of rotatable bonds is 5. The van der Waals surface area contributed by atoms with Crippen LogP contribution in [-0.2, 0) is 11.3 Å². The second kappa shape index (κ2) is 6.03. The summed E-state index contributed by atoms with van der Waals surface area (Å²) in [6.45, 7) is 7.76. The fraction of sp³-hybridized carbons (Fsp3) is 0.667. The van der Waals surface area contributed by atoms with Crippen LogP contribution >= 0.6 is 0 Å². The lowest BCUT2D eigenvalue weighted by atomic mass is 10.2. The Labute approximate surface area is 96.6 Å². The van der Waals surface area contributed by atoms with Gasteiger partial charge >= 0.3 is 0 Å². The van der Waals surface area contributed by atoms with Gasteiger partial charge in [0.05, 0.1) is 25.5 Å². The van der Waals surface area contributed by atoms with Crippen molar-refractivity contribution >= 4 is 0 Å². The summed E-state index contributed by atoms with van der Waals surface area (Å²) in [6.07, 6.45) is 2.03. The first kappa shape index (κ1) is 11.6. The van der Waals surface area contributed by atoms with E-state index >= 15 is 0 Å². The van der Waals surface area contributed by atoms with Crippen molar-refractivity contribution in [3.63, 3.8) is 0 Å². The largest absolute Gasteiger partial charge is 0.468 e. The van der Waals surface area contributed by atoms with Crippen molar-refractivity contribution in [2.24, 2.45) is 0 Å². The van der Waals surface area contributed by atoms with E-state index in [0.717, 1.165) is 45.1 Å². The first-order chi connectivity index (χ1) is 7.88. The Bertz CT molecular complexity index is 281. The van der Waals surface area contributed by atoms with E-state index in [0.29, 0.717) is 6.10 Å². The molecule has 0 saturated carbocycles. The van der Waals surface area contributed by atoms with Gasteiger partial charge in [0.15, 0.2) is 0 Å². The normalized spacial score (nSPS) is 21.5. The van der Waals surface area contributed by atoms with E-state index in [4.69, 9.17) is 9.15 Å². The zero-order valence-electron chi connectivity index (χ0n) is 9.82. The van der Waals surface area contributed by atoms with Crippen LogP contribution in [0, 0.1) is 0 Å². The van der Waals surface area contributed by atoms with Crippen LogP contribution in [0.4, 0.5) is 0 Å². The second-order valence-corrected chi connectivity index (χ2v) is 4.10. The predicted molar refractivity (Wildman–Crippen MR) is 62.3 cm³/mol. The Morgan fingerprint density at radius 2 is 2.50 bits per heavy atom. The summed E-state index contributed by atoms with van der Waals surface area (Å²) >= 11 is 0. The summed E-state index contributed by atoms with van der Waals surface area (Å²) in [6, 6.07) is 3.95. The summed E-state index contributed by atoms with van der Waals surface area (Å²) in [4.78, 5) is 2.34. The summed E-state index contributed by atoms with van der Waals surface area (Å²) in [5.41, 5.74) is 0. The smallest absolute Gasteiger partial charge is 0.117 e. The molecule has 1 aliphatic heterocycles. The molecule has 1 saturated heterocycles. The number of nitrogens with one attached hydrogen (secondary N) is 1. The molecule has 2 heterocycles. The number of nitrogens with zero attached hydrogens (tertiary/aromatic N) is 1. The molecule has 1 aliphatic rings. The van der Waals surface area contributed by atoms with Crippen LogP contribution in [0.15, 0.2) is 22.8 Å². The molecule has 4 heteroatoms. The Morgan fingerprint density at radius 3 is 3.12 bits per heavy atom. The van der Waals surface area contributed by atoms with Crippen LogP contribution in [0.2, 0.25) is 0 Å². The standard InChI is InChI=1S/C12H20N2O2/c1-2-14(9-11-4-3-6-15-11)10-12-8-13-5-7-16-12/h3-4,6,12-13H,2,5,7-10H2,1H3. The Hall–Kier alpha value is -0.840. The minimum absolute atomic E-state index is 0.309. The summed E-state index contributed by atoms with van der Waals surface area (Å²) in [5, 5.41) is 3.35. The maximum absolute atomic E-state index is 5.69. The molecule has 1 aromatic heterocycles. The van der Waals surface area contributed by atoms with E-state index in [1.54, 1.807) is 6.26 Å². The monoisotopic (exact) mass is 224 g/mol. The molecule has 4 nitrogen and oxygen atoms in total. The number of hydrogen-bond donors (Lipinski definition) is 1. The average Bonchev–Trinajstić information content (AvgIpc) is 2.82. The van der Waals surface area contributed by atoms with Crippen molar-refractivity contribution in [3.05, 3.63) is 24.2 Å². The molecule has 1 fully saturated rings. The van der Waals surface area contributed by atoms with Gasteiger partial charge in [0, 0.05) is 19.6 Å². The van der Waals surface area contributed by atoms with Gasteiger partial charge in [-0.1, -0.05) is 6.92 Å². The van der Waals surface area contributed by atoms with Crippen molar-refractivity contribution < 1.29 is 9.15 Å². The molecule has 16 heavy (non-hydrogen) atoms. The van der Waals surface area contributed by atoms with Gasteiger partial charge in [0.1, 0.15) is 5.76 Å². The van der Waals surface area contributed by atoms with Crippen molar-refractivity contribution in [2.75, 3.05) is 32.8 Å². The molecule has 0 spiro atoms. The quantitative estimate of drug-likeness (QED) is 0.812. The maximum Gasteiger partial charge on any atom is 0.117 e. The molecular weight excluding hydrogens is 204 g/mol. The van der Waals surface area contributed by atoms with Crippen LogP contribution < -0.4 is 5.32 Å². The van der Waals surface area contributed by atoms with Crippen molar-refractivity contribution in [1.29, 1.82) is 0 Å². The Morgan fingerprint density at radius 1 is 1.56 bits per heavy atom. The third-order valence-electron chi connectivity index (χ3n) is 2.87. The number of morpholine rings is 1. The molecule has 1 N–H and O–H groups in total. The van der Waals surface area contributed by atoms with Gasteiger partial charge in [-0.15, -0.1) is 0 Å². The van der Waals surface area contributed by atoms with E-state index in [1.165, 1.54) is 0 Å². The number of ether oxygens (including phenoxy) is 1. The van der Waals surface area contributed by atoms with Crippen molar-refractivity contribution in [1.82, 2.24) is 10.2 Å². The van der Waals surface area contributed by atoms with E-state index in [2.05, 4.69) is 17.1 Å². The van der Waals surface area contributed by atoms with Crippen LogP contribution in [0.1, 0.15) is 12.7 Å². The van der Waals surface area contributed by atoms with Crippen LogP contribution in [0.25, 0.3) is 0 Å². The molecule has 1 atom stereocenters. The van der Waals surface area contributed by atoms with Crippen molar-refractivity contribution in [2.45, 2.75) is 19.6 Å². The van der Waals surface area contributed by atoms with Gasteiger partial charge in [0.25, 0.3) is 0 Å². The molecule has 90 valence electrons. The highest BCUT2D eigenvalue weighted by molar-refractivity contribution is 4.97. The molecule has 1 aromatic rings. The number of furan rings is 1. The highest BCUT2D eigenvalue weighted by Crippen LogP contribution is 2.07. The lowest BCUT2D eigenvalue weighted by molar-refractivity contribution is 0.00392. The third kappa shape index (κ3) is 3.33. The fourth-order valence-electron chi connectivity index (χ4n) is 1.95. The molecule has 0 aliphatic carbocycles. The van der Waals surface area contributed by atoms with Gasteiger partial charge in [-0.3, -0.25) is 4.90 Å². The van der Waals surface area contributed by atoms with E-state index in [9.17, 15) is 0 Å². The molecule has 1 unspecified atom stereocenters. The van der Waals surface area contributed by atoms with E-state index < -0.39 is 0 Å². The Kier molecular flexibility index (Phi) is 4.39. The lowest BCUT2D eigenvalue weighted by Gasteiger charge is -2.29. The maximum atomic E-state index is 5.69. The molecule has 2 rings (SSSR count). The lowest BCUT2D eigenvalue weighted by Crippen LogP contribution is -2.45. The summed E-state index contributed by atoms with van der Waals surface area (Å²) in [7, 11) is 0. The molecule has 0 amide bonds. The van der Waals surface area contributed by atoms with Gasteiger partial charge in [-0.2, -0.15) is 0 Å². The summed E-state index contributed by atoms with van der Waals surface area (Å²) < 4.78 is 11.1. The van der Waals surface area contributed by atoms with E-state index in [-0.39, 0.29) is 0 Å². The van der Waals surface area contributed by atoms with Gasteiger partial charge in [-0.25, -0.2) is 0 Å². The highest BCUT2D eigenvalue weighted by Gasteiger charge is 2.17. The summed E-state index contributed by atoms with van der Waals surface area (Å²) in [5.74, 6) is 1.02. The van der Waals surface area contributed by atoms with Crippen molar-refractivity contribution in [3.8, 4) is 0 Å². The topological polar surface area (TPSA) is 37.6 Å². The third-order valence-corrected chi connectivity index (χ3v) is 2.87. The molecular formula is C12H20N2O2. The van der Waals surface area contributed by atoms with Crippen LogP contribution in [-0.4, -0.2) is 43.8 Å². The first-order valence-corrected chi connectivity index (χ1v) is 5.95. The van der Waals surface area contributed by atoms with Crippen LogP contribution in [0.5, 0.6) is 0 Å². The van der Waals surface area contributed by atoms with Crippen LogP contribution in [0.3, 0.4) is 0 Å². The zero-order chi connectivity index (χ0) is 11.2. The zero-order valence-corrected chi connectivity index (χ0v) is 9.82. The van der Waals surface area contributed by atoms with Gasteiger partial charge in [-0.05, 0) is 18.7 Å². The first-order valence-electron chi connectivity index (χ1n) is 5.95. The average molecular weight is 224 g/mol. The molecule has 0 aromatic carbocycles. The number of likely N-dealkylation sites (N-methyl/N-ethyl adjacent to an activating group) is 1. The van der Waals surface area contributed by atoms with Gasteiger partial charge < -0.3 is 14.5 Å². The molecule has 0 bridgehead atoms. The minimum Gasteiger partial charge on any atom is -0.468 e. The van der Waals surface area contributed by atoms with Gasteiger partial charge in [0.2, 0.25) is 0 Å². The second-order valence-electron chi connectivity index (χ2n) is 4.10. The molecule has 0 radical (unpaired) electrons. The predicted octanol–water partition coefficient (Wildman–Crippen LogP) is 1.09. The SMILES string of the molecule is CCN(Cc1ccco1)CC1CNCCO1. The van der Waals surface area contributed by atoms with E-state index in [1.807, 2.05) is 12.1 Å². The fourth-order valence-corrected chi connectivity index (χ4v) is 1.95. The number of hydrogen-bond acceptors (Lipinski definition) is 4. The Balaban J connectivity index is 1.80. The highest BCUT2D eigenvalue weighted by atomic mass is 16.5. The minimum atomic E-state index is 0.309.